The maximum absolute atomic E-state index is 12.0. The van der Waals surface area contributed by atoms with Crippen molar-refractivity contribution in [2.45, 2.75) is 38.6 Å². The Morgan fingerprint density at radius 1 is 1.20 bits per heavy atom. The molecule has 25 heavy (non-hydrogen) atoms. The molecule has 136 valence electrons. The van der Waals surface area contributed by atoms with E-state index in [0.717, 1.165) is 57.4 Å². The molecule has 1 aromatic rings. The number of aromatic carboxylic acids is 1. The van der Waals surface area contributed by atoms with Crippen molar-refractivity contribution in [3.63, 3.8) is 0 Å². The number of halogens is 1. The first-order valence-corrected chi connectivity index (χ1v) is 9.43. The lowest BCUT2D eigenvalue weighted by Gasteiger charge is -2.36. The molecule has 2 fully saturated rings. The summed E-state index contributed by atoms with van der Waals surface area (Å²) in [5.74, 6) is -0.109. The Hall–Kier alpha value is -1.59. The number of nitrogens with zero attached hydrogens (tertiary/aromatic N) is 2. The summed E-state index contributed by atoms with van der Waals surface area (Å²) in [6, 6.07) is 5.18. The van der Waals surface area contributed by atoms with Crippen LogP contribution in [0.2, 0.25) is 5.02 Å². The number of carbonyl (C=O) groups excluding carboxylic acids is 1. The number of piperidine rings is 2. The van der Waals surface area contributed by atoms with Crippen molar-refractivity contribution >= 4 is 23.5 Å². The van der Waals surface area contributed by atoms with E-state index in [4.69, 9.17) is 11.6 Å². The fraction of sp³-hybridized carbons (Fsp3) is 0.579. The third-order valence-electron chi connectivity index (χ3n) is 5.31. The number of likely N-dealkylation sites (tertiary alicyclic amines) is 2. The first-order valence-electron chi connectivity index (χ1n) is 9.05. The van der Waals surface area contributed by atoms with Crippen molar-refractivity contribution in [2.75, 3.05) is 26.2 Å². The lowest BCUT2D eigenvalue weighted by Crippen LogP contribution is -2.42. The molecule has 1 aromatic carbocycles. The molecule has 0 unspecified atom stereocenters. The van der Waals surface area contributed by atoms with Crippen LogP contribution in [-0.4, -0.2) is 53.0 Å². The minimum Gasteiger partial charge on any atom is -0.478 e. The molecule has 2 aliphatic rings. The van der Waals surface area contributed by atoms with Gasteiger partial charge in [-0.1, -0.05) is 23.7 Å². The minimum absolute atomic E-state index is 0.165. The van der Waals surface area contributed by atoms with E-state index in [2.05, 4.69) is 4.90 Å². The monoisotopic (exact) mass is 364 g/mol. The van der Waals surface area contributed by atoms with E-state index in [1.54, 1.807) is 6.07 Å². The fourth-order valence-corrected chi connectivity index (χ4v) is 4.07. The number of carboxylic acids is 1. The molecule has 1 amide bonds. The Kier molecular flexibility index (Phi) is 5.97. The van der Waals surface area contributed by atoms with Crippen LogP contribution in [0.15, 0.2) is 18.2 Å². The van der Waals surface area contributed by atoms with Crippen molar-refractivity contribution in [1.82, 2.24) is 9.80 Å². The molecule has 0 atom stereocenters. The maximum atomic E-state index is 12.0. The van der Waals surface area contributed by atoms with Gasteiger partial charge in [-0.15, -0.1) is 0 Å². The van der Waals surface area contributed by atoms with Gasteiger partial charge in [-0.25, -0.2) is 4.79 Å². The Balaban J connectivity index is 1.52. The van der Waals surface area contributed by atoms with Crippen LogP contribution in [0, 0.1) is 5.92 Å². The molecule has 2 saturated heterocycles. The van der Waals surface area contributed by atoms with E-state index < -0.39 is 5.97 Å². The SMILES string of the molecule is O=C(O)c1cccc(CN2CCC(CN3CCCCC3=O)CC2)c1Cl. The summed E-state index contributed by atoms with van der Waals surface area (Å²) in [4.78, 5) is 27.5. The van der Waals surface area contributed by atoms with Crippen LogP contribution in [0.4, 0.5) is 0 Å². The molecular formula is C19H25ClN2O3. The van der Waals surface area contributed by atoms with Gasteiger partial charge in [-0.2, -0.15) is 0 Å². The standard InChI is InChI=1S/C19H25ClN2O3/c20-18-15(4-3-5-16(18)19(24)25)13-21-10-7-14(8-11-21)12-22-9-2-1-6-17(22)23/h3-5,14H,1-2,6-13H2,(H,24,25). The van der Waals surface area contributed by atoms with E-state index in [-0.39, 0.29) is 5.56 Å². The lowest BCUT2D eigenvalue weighted by atomic mass is 9.94. The Morgan fingerprint density at radius 2 is 1.96 bits per heavy atom. The molecule has 0 bridgehead atoms. The van der Waals surface area contributed by atoms with E-state index in [0.29, 0.717) is 29.8 Å². The summed E-state index contributed by atoms with van der Waals surface area (Å²) in [7, 11) is 0. The number of hydrogen-bond donors (Lipinski definition) is 1. The van der Waals surface area contributed by atoms with Crippen LogP contribution >= 0.6 is 11.6 Å². The zero-order chi connectivity index (χ0) is 17.8. The van der Waals surface area contributed by atoms with Crippen molar-refractivity contribution in [3.05, 3.63) is 34.3 Å². The highest BCUT2D eigenvalue weighted by Gasteiger charge is 2.25. The quantitative estimate of drug-likeness (QED) is 0.871. The number of benzene rings is 1. The molecule has 2 aliphatic heterocycles. The van der Waals surface area contributed by atoms with Gasteiger partial charge >= 0.3 is 5.97 Å². The molecule has 0 aromatic heterocycles. The van der Waals surface area contributed by atoms with Crippen molar-refractivity contribution in [1.29, 1.82) is 0 Å². The van der Waals surface area contributed by atoms with Gasteiger partial charge in [0.1, 0.15) is 0 Å². The van der Waals surface area contributed by atoms with Crippen molar-refractivity contribution in [3.8, 4) is 0 Å². The second kappa shape index (κ2) is 8.19. The number of hydrogen-bond acceptors (Lipinski definition) is 3. The van der Waals surface area contributed by atoms with E-state index in [9.17, 15) is 14.7 Å². The summed E-state index contributed by atoms with van der Waals surface area (Å²) in [5.41, 5.74) is 1.03. The number of rotatable bonds is 5. The van der Waals surface area contributed by atoms with Crippen LogP contribution in [0.5, 0.6) is 0 Å². The van der Waals surface area contributed by atoms with Crippen LogP contribution < -0.4 is 0 Å². The lowest BCUT2D eigenvalue weighted by molar-refractivity contribution is -0.134. The molecule has 2 heterocycles. The largest absolute Gasteiger partial charge is 0.478 e. The number of carbonyl (C=O) groups is 2. The maximum Gasteiger partial charge on any atom is 0.337 e. The minimum atomic E-state index is -0.989. The normalized spacial score (nSPS) is 20.0. The average Bonchev–Trinajstić information content (AvgIpc) is 2.60. The summed E-state index contributed by atoms with van der Waals surface area (Å²) < 4.78 is 0. The van der Waals surface area contributed by atoms with Crippen molar-refractivity contribution in [2.24, 2.45) is 5.92 Å². The molecular weight excluding hydrogens is 340 g/mol. The fourth-order valence-electron chi connectivity index (χ4n) is 3.80. The second-order valence-electron chi connectivity index (χ2n) is 7.10. The summed E-state index contributed by atoms with van der Waals surface area (Å²) in [6.45, 7) is 4.40. The van der Waals surface area contributed by atoms with Gasteiger partial charge in [-0.3, -0.25) is 9.69 Å². The van der Waals surface area contributed by atoms with Gasteiger partial charge < -0.3 is 10.0 Å². The van der Waals surface area contributed by atoms with Gasteiger partial charge in [0.2, 0.25) is 5.91 Å². The zero-order valence-electron chi connectivity index (χ0n) is 14.4. The van der Waals surface area contributed by atoms with E-state index >= 15 is 0 Å². The highest BCUT2D eigenvalue weighted by atomic mass is 35.5. The predicted octanol–water partition coefficient (Wildman–Crippen LogP) is 3.26. The summed E-state index contributed by atoms with van der Waals surface area (Å²) in [5, 5.41) is 9.52. The van der Waals surface area contributed by atoms with Gasteiger partial charge in [0, 0.05) is 26.1 Å². The molecule has 5 nitrogen and oxygen atoms in total. The summed E-state index contributed by atoms with van der Waals surface area (Å²) in [6.07, 6.45) is 5.00. The third-order valence-corrected chi connectivity index (χ3v) is 5.76. The summed E-state index contributed by atoms with van der Waals surface area (Å²) >= 11 is 6.24. The molecule has 0 spiro atoms. The molecule has 3 rings (SSSR count). The first kappa shape index (κ1) is 18.2. The first-order chi connectivity index (χ1) is 12.0. The molecule has 0 saturated carbocycles. The third kappa shape index (κ3) is 4.53. The second-order valence-corrected chi connectivity index (χ2v) is 7.48. The Labute approximate surface area is 153 Å². The highest BCUT2D eigenvalue weighted by molar-refractivity contribution is 6.34. The van der Waals surface area contributed by atoms with Crippen LogP contribution in [-0.2, 0) is 11.3 Å². The van der Waals surface area contributed by atoms with Crippen LogP contribution in [0.25, 0.3) is 0 Å². The van der Waals surface area contributed by atoms with Gasteiger partial charge in [0.25, 0.3) is 0 Å². The zero-order valence-corrected chi connectivity index (χ0v) is 15.2. The van der Waals surface area contributed by atoms with Crippen molar-refractivity contribution < 1.29 is 14.7 Å². The number of amides is 1. The highest BCUT2D eigenvalue weighted by Crippen LogP contribution is 2.26. The molecule has 1 N–H and O–H groups in total. The topological polar surface area (TPSA) is 60.9 Å². The van der Waals surface area contributed by atoms with Crippen LogP contribution in [0.1, 0.15) is 48.0 Å². The van der Waals surface area contributed by atoms with Gasteiger partial charge in [-0.05, 0) is 56.3 Å². The Bertz CT molecular complexity index is 642. The van der Waals surface area contributed by atoms with Gasteiger partial charge in [0.15, 0.2) is 0 Å². The average molecular weight is 365 g/mol. The molecule has 0 aliphatic carbocycles. The molecule has 0 radical (unpaired) electrons. The van der Waals surface area contributed by atoms with E-state index in [1.165, 1.54) is 6.07 Å². The Morgan fingerprint density at radius 3 is 2.64 bits per heavy atom. The van der Waals surface area contributed by atoms with Gasteiger partial charge in [0.05, 0.1) is 10.6 Å². The number of carboxylic acid groups (broad SMARTS) is 1. The van der Waals surface area contributed by atoms with Crippen LogP contribution in [0.3, 0.4) is 0 Å². The molecule has 6 heteroatoms. The van der Waals surface area contributed by atoms with E-state index in [1.807, 2.05) is 11.0 Å². The predicted molar refractivity (Wildman–Crippen MR) is 96.8 cm³/mol. The smallest absolute Gasteiger partial charge is 0.337 e.